The van der Waals surface area contributed by atoms with E-state index in [1.54, 1.807) is 6.07 Å². The van der Waals surface area contributed by atoms with Gasteiger partial charge in [-0.05, 0) is 60.0 Å². The Labute approximate surface area is 206 Å². The maximum atomic E-state index is 13.2. The molecule has 4 rings (SSSR count). The molecule has 1 aliphatic rings. The monoisotopic (exact) mass is 475 g/mol. The third-order valence-electron chi connectivity index (χ3n) is 6.49. The minimum atomic E-state index is -0.646. The van der Waals surface area contributed by atoms with E-state index >= 15 is 0 Å². The van der Waals surface area contributed by atoms with E-state index in [-0.39, 0.29) is 11.8 Å². The number of hydrogen-bond donors (Lipinski definition) is 2. The fourth-order valence-electron chi connectivity index (χ4n) is 4.35. The highest BCUT2D eigenvalue weighted by atomic mass is 32.1. The van der Waals surface area contributed by atoms with E-state index in [2.05, 4.69) is 40.7 Å². The van der Waals surface area contributed by atoms with Crippen molar-refractivity contribution in [1.82, 2.24) is 15.5 Å². The van der Waals surface area contributed by atoms with E-state index in [9.17, 15) is 9.59 Å². The first-order chi connectivity index (χ1) is 16.6. The van der Waals surface area contributed by atoms with E-state index in [1.807, 2.05) is 47.8 Å². The molecule has 1 saturated heterocycles. The molecule has 1 fully saturated rings. The van der Waals surface area contributed by atoms with Crippen LogP contribution in [0.15, 0.2) is 72.1 Å². The van der Waals surface area contributed by atoms with Crippen LogP contribution in [-0.4, -0.2) is 35.8 Å². The summed E-state index contributed by atoms with van der Waals surface area (Å²) >= 11 is 1.37. The third kappa shape index (κ3) is 6.78. The molecule has 2 aromatic carbocycles. The second kappa shape index (κ2) is 12.0. The number of hydrogen-bond acceptors (Lipinski definition) is 4. The van der Waals surface area contributed by atoms with Crippen molar-refractivity contribution in [2.24, 2.45) is 5.92 Å². The van der Waals surface area contributed by atoms with Gasteiger partial charge in [-0.3, -0.25) is 14.5 Å². The highest BCUT2D eigenvalue weighted by Gasteiger charge is 2.23. The molecule has 2 heterocycles. The first-order valence-corrected chi connectivity index (χ1v) is 12.9. The minimum absolute atomic E-state index is 0.171. The lowest BCUT2D eigenvalue weighted by Crippen LogP contribution is -2.47. The first kappa shape index (κ1) is 24.2. The molecule has 1 aromatic heterocycles. The van der Waals surface area contributed by atoms with Crippen molar-refractivity contribution in [2.45, 2.75) is 45.3 Å². The third-order valence-corrected chi connectivity index (χ3v) is 7.36. The Bertz CT molecular complexity index is 1060. The van der Waals surface area contributed by atoms with Gasteiger partial charge in [0.2, 0.25) is 5.91 Å². The van der Waals surface area contributed by atoms with Gasteiger partial charge in [-0.15, -0.1) is 11.3 Å². The van der Waals surface area contributed by atoms with Crippen molar-refractivity contribution in [2.75, 3.05) is 13.1 Å². The highest BCUT2D eigenvalue weighted by Crippen LogP contribution is 2.20. The molecular weight excluding hydrogens is 442 g/mol. The number of nitrogens with zero attached hydrogens (tertiary/aromatic N) is 1. The van der Waals surface area contributed by atoms with E-state index in [1.165, 1.54) is 29.7 Å². The van der Waals surface area contributed by atoms with E-state index in [0.717, 1.165) is 36.7 Å². The molecule has 3 aromatic rings. The fourth-order valence-corrected chi connectivity index (χ4v) is 4.97. The number of likely N-dealkylation sites (tertiary alicyclic amines) is 1. The van der Waals surface area contributed by atoms with Gasteiger partial charge in [0.15, 0.2) is 0 Å². The Balaban J connectivity index is 1.41. The van der Waals surface area contributed by atoms with Gasteiger partial charge in [-0.2, -0.15) is 0 Å². The minimum Gasteiger partial charge on any atom is -0.350 e. The van der Waals surface area contributed by atoms with Crippen LogP contribution in [0.25, 0.3) is 0 Å². The normalized spacial score (nSPS) is 15.6. The van der Waals surface area contributed by atoms with Crippen molar-refractivity contribution < 1.29 is 9.59 Å². The van der Waals surface area contributed by atoms with Gasteiger partial charge < -0.3 is 10.6 Å². The van der Waals surface area contributed by atoms with Crippen molar-refractivity contribution in [3.8, 4) is 0 Å². The lowest BCUT2D eigenvalue weighted by Gasteiger charge is -2.30. The standard InChI is InChI=1S/C28H33N3O2S/c1-21-13-15-31(16-14-21)20-24-11-6-5-10-23(24)19-29-27(32)25(18-22-8-3-2-4-9-22)30-28(33)26-12-7-17-34-26/h2-12,17,21,25H,13-16,18-20H2,1H3,(H,29,32)(H,30,33). The predicted octanol–water partition coefficient (Wildman–Crippen LogP) is 4.64. The molecule has 34 heavy (non-hydrogen) atoms. The molecule has 0 aliphatic carbocycles. The van der Waals surface area contributed by atoms with Crippen LogP contribution in [0.4, 0.5) is 0 Å². The summed E-state index contributed by atoms with van der Waals surface area (Å²) in [7, 11) is 0. The molecule has 0 radical (unpaired) electrons. The van der Waals surface area contributed by atoms with Gasteiger partial charge >= 0.3 is 0 Å². The molecule has 1 atom stereocenters. The summed E-state index contributed by atoms with van der Waals surface area (Å²) in [5.41, 5.74) is 3.38. The summed E-state index contributed by atoms with van der Waals surface area (Å²) in [5, 5.41) is 7.89. The van der Waals surface area contributed by atoms with Crippen LogP contribution in [0.2, 0.25) is 0 Å². The maximum absolute atomic E-state index is 13.2. The first-order valence-electron chi connectivity index (χ1n) is 12.0. The Morgan fingerprint density at radius 1 is 0.971 bits per heavy atom. The number of piperidine rings is 1. The summed E-state index contributed by atoms with van der Waals surface area (Å²) in [4.78, 5) is 29.0. The van der Waals surface area contributed by atoms with Crippen LogP contribution in [0.3, 0.4) is 0 Å². The van der Waals surface area contributed by atoms with Crippen molar-refractivity contribution in [3.05, 3.63) is 93.7 Å². The fraction of sp³-hybridized carbons (Fsp3) is 0.357. The molecule has 1 unspecified atom stereocenters. The van der Waals surface area contributed by atoms with Gasteiger partial charge in [0, 0.05) is 19.5 Å². The number of carbonyl (C=O) groups excluding carboxylic acids is 2. The lowest BCUT2D eigenvalue weighted by molar-refractivity contribution is -0.123. The number of benzene rings is 2. The second-order valence-corrected chi connectivity index (χ2v) is 10.1. The molecule has 178 valence electrons. The van der Waals surface area contributed by atoms with Gasteiger partial charge in [-0.25, -0.2) is 0 Å². The molecular formula is C28H33N3O2S. The number of rotatable bonds is 9. The topological polar surface area (TPSA) is 61.4 Å². The van der Waals surface area contributed by atoms with Gasteiger partial charge in [0.1, 0.15) is 6.04 Å². The molecule has 0 spiro atoms. The number of amides is 2. The lowest BCUT2D eigenvalue weighted by atomic mass is 9.98. The summed E-state index contributed by atoms with van der Waals surface area (Å²) in [5.74, 6) is 0.415. The molecule has 1 aliphatic heterocycles. The molecule has 6 heteroatoms. The Hall–Kier alpha value is -2.96. The van der Waals surface area contributed by atoms with Crippen molar-refractivity contribution in [3.63, 3.8) is 0 Å². The summed E-state index contributed by atoms with van der Waals surface area (Å²) in [6.07, 6.45) is 2.92. The average molecular weight is 476 g/mol. The van der Waals surface area contributed by atoms with Crippen LogP contribution in [0.5, 0.6) is 0 Å². The predicted molar refractivity (Wildman–Crippen MR) is 138 cm³/mol. The van der Waals surface area contributed by atoms with Crippen LogP contribution < -0.4 is 10.6 Å². The second-order valence-electron chi connectivity index (χ2n) is 9.14. The number of carbonyl (C=O) groups is 2. The summed E-state index contributed by atoms with van der Waals surface area (Å²) in [6, 6.07) is 21.1. The van der Waals surface area contributed by atoms with Gasteiger partial charge in [-0.1, -0.05) is 67.6 Å². The average Bonchev–Trinajstić information content (AvgIpc) is 3.40. The number of nitrogens with one attached hydrogen (secondary N) is 2. The maximum Gasteiger partial charge on any atom is 0.262 e. The van der Waals surface area contributed by atoms with Crippen molar-refractivity contribution >= 4 is 23.2 Å². The Morgan fingerprint density at radius 3 is 2.38 bits per heavy atom. The highest BCUT2D eigenvalue weighted by molar-refractivity contribution is 7.12. The quantitative estimate of drug-likeness (QED) is 0.474. The van der Waals surface area contributed by atoms with Crippen LogP contribution in [0, 0.1) is 5.92 Å². The summed E-state index contributed by atoms with van der Waals surface area (Å²) in [6.45, 7) is 5.91. The molecule has 2 N–H and O–H groups in total. The smallest absolute Gasteiger partial charge is 0.262 e. The Morgan fingerprint density at radius 2 is 1.68 bits per heavy atom. The number of thiophene rings is 1. The molecule has 0 bridgehead atoms. The zero-order chi connectivity index (χ0) is 23.8. The molecule has 5 nitrogen and oxygen atoms in total. The van der Waals surface area contributed by atoms with E-state index in [4.69, 9.17) is 0 Å². The SMILES string of the molecule is CC1CCN(Cc2ccccc2CNC(=O)C(Cc2ccccc2)NC(=O)c2cccs2)CC1. The molecule has 2 amide bonds. The summed E-state index contributed by atoms with van der Waals surface area (Å²) < 4.78 is 0. The molecule has 0 saturated carbocycles. The largest absolute Gasteiger partial charge is 0.350 e. The zero-order valence-electron chi connectivity index (χ0n) is 19.7. The van der Waals surface area contributed by atoms with Crippen LogP contribution >= 0.6 is 11.3 Å². The van der Waals surface area contributed by atoms with Gasteiger partial charge in [0.25, 0.3) is 5.91 Å². The Kier molecular flexibility index (Phi) is 8.50. The van der Waals surface area contributed by atoms with Crippen molar-refractivity contribution in [1.29, 1.82) is 0 Å². The van der Waals surface area contributed by atoms with Gasteiger partial charge in [0.05, 0.1) is 4.88 Å². The van der Waals surface area contributed by atoms with Crippen LogP contribution in [-0.2, 0) is 24.3 Å². The van der Waals surface area contributed by atoms with Crippen LogP contribution in [0.1, 0.15) is 46.1 Å². The van der Waals surface area contributed by atoms with E-state index in [0.29, 0.717) is 17.8 Å². The van der Waals surface area contributed by atoms with E-state index < -0.39 is 6.04 Å². The zero-order valence-corrected chi connectivity index (χ0v) is 20.5.